The molecule has 0 radical (unpaired) electrons. The van der Waals surface area contributed by atoms with Gasteiger partial charge < -0.3 is 14.9 Å². The van der Waals surface area contributed by atoms with Crippen LogP contribution in [0.15, 0.2) is 18.3 Å². The van der Waals surface area contributed by atoms with E-state index in [4.69, 9.17) is 0 Å². The van der Waals surface area contributed by atoms with Crippen LogP contribution in [0.5, 0.6) is 0 Å². The van der Waals surface area contributed by atoms with Crippen molar-refractivity contribution in [1.29, 1.82) is 0 Å². The summed E-state index contributed by atoms with van der Waals surface area (Å²) in [6.45, 7) is 4.99. The van der Waals surface area contributed by atoms with Gasteiger partial charge in [-0.2, -0.15) is 0 Å². The number of likely N-dealkylation sites (N-methyl/N-ethyl adjacent to an activating group) is 1. The molecule has 1 unspecified atom stereocenters. The summed E-state index contributed by atoms with van der Waals surface area (Å²) in [6.07, 6.45) is 3.69. The number of aromatic nitrogens is 1. The molecule has 0 aromatic carbocycles. The van der Waals surface area contributed by atoms with Gasteiger partial charge in [0.1, 0.15) is 11.4 Å². The molecular formula is C14H21N3O2. The van der Waals surface area contributed by atoms with E-state index in [1.54, 1.807) is 18.3 Å². The van der Waals surface area contributed by atoms with Crippen LogP contribution in [0.25, 0.3) is 0 Å². The Bertz CT molecular complexity index is 450. The Morgan fingerprint density at radius 1 is 1.53 bits per heavy atom. The molecule has 5 heteroatoms. The lowest BCUT2D eigenvalue weighted by molar-refractivity contribution is 0.0697. The molecule has 1 aliphatic heterocycles. The molecule has 2 rings (SSSR count). The molecule has 0 amide bonds. The normalized spacial score (nSPS) is 21.2. The van der Waals surface area contributed by atoms with Crippen LogP contribution >= 0.6 is 0 Å². The molecule has 5 nitrogen and oxygen atoms in total. The first-order chi connectivity index (χ1) is 9.13. The molecule has 1 aromatic heterocycles. The number of hydrogen-bond donors (Lipinski definition) is 1. The van der Waals surface area contributed by atoms with E-state index in [1.807, 2.05) is 0 Å². The van der Waals surface area contributed by atoms with Gasteiger partial charge in [0.15, 0.2) is 0 Å². The Labute approximate surface area is 113 Å². The quantitative estimate of drug-likeness (QED) is 0.899. The van der Waals surface area contributed by atoms with Crippen molar-refractivity contribution in [3.05, 3.63) is 23.9 Å². The molecule has 104 valence electrons. The number of anilines is 1. The Morgan fingerprint density at radius 2 is 2.32 bits per heavy atom. The number of carboxylic acid groups (broad SMARTS) is 1. The van der Waals surface area contributed by atoms with Gasteiger partial charge in [0.2, 0.25) is 0 Å². The van der Waals surface area contributed by atoms with Gasteiger partial charge in [-0.05, 0) is 38.6 Å². The highest BCUT2D eigenvalue weighted by atomic mass is 16.4. The van der Waals surface area contributed by atoms with Crippen molar-refractivity contribution in [1.82, 2.24) is 9.88 Å². The molecule has 19 heavy (non-hydrogen) atoms. The number of carboxylic acids is 1. The molecule has 1 N–H and O–H groups in total. The van der Waals surface area contributed by atoms with Gasteiger partial charge in [-0.1, -0.05) is 6.92 Å². The van der Waals surface area contributed by atoms with E-state index < -0.39 is 5.97 Å². The standard InChI is InChI=1S/C14H21N3O2/c1-3-11-10-16(2)8-5-9-17(11)13-12(14(18)19)6-4-7-15-13/h4,6-7,11H,3,5,8-10H2,1-2H3,(H,18,19). The number of carbonyl (C=O) groups is 1. The van der Waals surface area contributed by atoms with Gasteiger partial charge in [-0.25, -0.2) is 9.78 Å². The molecule has 0 aliphatic carbocycles. The van der Waals surface area contributed by atoms with Gasteiger partial charge in [0.25, 0.3) is 0 Å². The molecule has 1 aliphatic rings. The molecule has 1 aromatic rings. The summed E-state index contributed by atoms with van der Waals surface area (Å²) >= 11 is 0. The fraction of sp³-hybridized carbons (Fsp3) is 0.571. The van der Waals surface area contributed by atoms with E-state index in [-0.39, 0.29) is 0 Å². The lowest BCUT2D eigenvalue weighted by Crippen LogP contribution is -2.41. The Morgan fingerprint density at radius 3 is 3.00 bits per heavy atom. The summed E-state index contributed by atoms with van der Waals surface area (Å²) in [5.41, 5.74) is 0.297. The zero-order chi connectivity index (χ0) is 13.8. The molecule has 1 atom stereocenters. The van der Waals surface area contributed by atoms with Gasteiger partial charge in [0, 0.05) is 25.3 Å². The fourth-order valence-electron chi connectivity index (χ4n) is 2.66. The average molecular weight is 263 g/mol. The summed E-state index contributed by atoms with van der Waals surface area (Å²) in [5.74, 6) is -0.298. The maximum Gasteiger partial charge on any atom is 0.339 e. The van der Waals surface area contributed by atoms with Gasteiger partial charge in [0.05, 0.1) is 0 Å². The van der Waals surface area contributed by atoms with Crippen LogP contribution < -0.4 is 4.90 Å². The predicted molar refractivity (Wildman–Crippen MR) is 74.7 cm³/mol. The minimum atomic E-state index is -0.907. The minimum absolute atomic E-state index is 0.297. The third-order valence-corrected chi connectivity index (χ3v) is 3.66. The van der Waals surface area contributed by atoms with E-state index in [1.165, 1.54) is 0 Å². The molecule has 1 fully saturated rings. The maximum atomic E-state index is 11.3. The Kier molecular flexibility index (Phi) is 4.37. The highest BCUT2D eigenvalue weighted by molar-refractivity contribution is 5.93. The van der Waals surface area contributed by atoms with Crippen molar-refractivity contribution in [3.8, 4) is 0 Å². The molecule has 0 spiro atoms. The number of aromatic carboxylic acids is 1. The number of nitrogens with zero attached hydrogens (tertiary/aromatic N) is 3. The molecule has 0 bridgehead atoms. The topological polar surface area (TPSA) is 56.7 Å². The SMILES string of the molecule is CCC1CN(C)CCCN1c1ncccc1C(=O)O. The van der Waals surface area contributed by atoms with E-state index in [9.17, 15) is 9.90 Å². The second-order valence-electron chi connectivity index (χ2n) is 5.05. The van der Waals surface area contributed by atoms with Crippen molar-refractivity contribution in [2.75, 3.05) is 31.6 Å². The summed E-state index contributed by atoms with van der Waals surface area (Å²) in [5, 5.41) is 9.30. The van der Waals surface area contributed by atoms with Gasteiger partial charge >= 0.3 is 5.97 Å². The van der Waals surface area contributed by atoms with E-state index in [2.05, 4.69) is 28.8 Å². The third kappa shape index (κ3) is 3.04. The summed E-state index contributed by atoms with van der Waals surface area (Å²) in [7, 11) is 2.11. The van der Waals surface area contributed by atoms with E-state index in [0.29, 0.717) is 17.4 Å². The van der Waals surface area contributed by atoms with Crippen molar-refractivity contribution in [2.24, 2.45) is 0 Å². The molecule has 2 heterocycles. The monoisotopic (exact) mass is 263 g/mol. The van der Waals surface area contributed by atoms with E-state index in [0.717, 1.165) is 32.5 Å². The predicted octanol–water partition coefficient (Wildman–Crippen LogP) is 1.70. The van der Waals surface area contributed by atoms with Crippen LogP contribution in [0.4, 0.5) is 5.82 Å². The molecular weight excluding hydrogens is 242 g/mol. The minimum Gasteiger partial charge on any atom is -0.478 e. The van der Waals surface area contributed by atoms with Crippen molar-refractivity contribution < 1.29 is 9.90 Å². The number of pyridine rings is 1. The number of hydrogen-bond acceptors (Lipinski definition) is 4. The largest absolute Gasteiger partial charge is 0.478 e. The summed E-state index contributed by atoms with van der Waals surface area (Å²) in [6, 6.07) is 3.63. The van der Waals surface area contributed by atoms with Crippen molar-refractivity contribution in [3.63, 3.8) is 0 Å². The van der Waals surface area contributed by atoms with Crippen LogP contribution in [-0.4, -0.2) is 53.7 Å². The summed E-state index contributed by atoms with van der Waals surface area (Å²) < 4.78 is 0. The molecule has 1 saturated heterocycles. The highest BCUT2D eigenvalue weighted by Gasteiger charge is 2.26. The Hall–Kier alpha value is -1.62. The lowest BCUT2D eigenvalue weighted by Gasteiger charge is -2.32. The first-order valence-corrected chi connectivity index (χ1v) is 6.77. The highest BCUT2D eigenvalue weighted by Crippen LogP contribution is 2.23. The number of rotatable bonds is 3. The van der Waals surface area contributed by atoms with Crippen LogP contribution in [0.3, 0.4) is 0 Å². The second kappa shape index (κ2) is 6.02. The summed E-state index contributed by atoms with van der Waals surface area (Å²) in [4.78, 5) is 20.1. The smallest absolute Gasteiger partial charge is 0.339 e. The van der Waals surface area contributed by atoms with Crippen molar-refractivity contribution >= 4 is 11.8 Å². The van der Waals surface area contributed by atoms with Crippen molar-refractivity contribution in [2.45, 2.75) is 25.8 Å². The average Bonchev–Trinajstić information content (AvgIpc) is 2.60. The van der Waals surface area contributed by atoms with Crippen LogP contribution in [0.2, 0.25) is 0 Å². The van der Waals surface area contributed by atoms with Gasteiger partial charge in [-0.3, -0.25) is 0 Å². The van der Waals surface area contributed by atoms with Crippen LogP contribution in [0.1, 0.15) is 30.1 Å². The Balaban J connectivity index is 2.35. The second-order valence-corrected chi connectivity index (χ2v) is 5.05. The first-order valence-electron chi connectivity index (χ1n) is 6.77. The van der Waals surface area contributed by atoms with Crippen LogP contribution in [-0.2, 0) is 0 Å². The third-order valence-electron chi connectivity index (χ3n) is 3.66. The van der Waals surface area contributed by atoms with Crippen LogP contribution in [0, 0.1) is 0 Å². The maximum absolute atomic E-state index is 11.3. The lowest BCUT2D eigenvalue weighted by atomic mass is 10.1. The van der Waals surface area contributed by atoms with Gasteiger partial charge in [-0.15, -0.1) is 0 Å². The fourth-order valence-corrected chi connectivity index (χ4v) is 2.66. The molecule has 0 saturated carbocycles. The zero-order valence-electron chi connectivity index (χ0n) is 11.5. The first kappa shape index (κ1) is 13.8. The zero-order valence-corrected chi connectivity index (χ0v) is 11.5. The van der Waals surface area contributed by atoms with E-state index >= 15 is 0 Å².